The van der Waals surface area contributed by atoms with Gasteiger partial charge in [0.05, 0.1) is 41.9 Å². The third kappa shape index (κ3) is 5.45. The minimum atomic E-state index is -0.252. The Morgan fingerprint density at radius 3 is 2.47 bits per heavy atom. The number of fused-ring (bicyclic) bond motifs is 1. The van der Waals surface area contributed by atoms with E-state index in [9.17, 15) is 4.79 Å². The zero-order chi connectivity index (χ0) is 27.4. The van der Waals surface area contributed by atoms with Gasteiger partial charge in [0, 0.05) is 5.56 Å². The predicted molar refractivity (Wildman–Crippen MR) is 156 cm³/mol. The van der Waals surface area contributed by atoms with Gasteiger partial charge in [-0.25, -0.2) is 4.98 Å². The molecule has 0 atom stereocenters. The van der Waals surface area contributed by atoms with E-state index >= 15 is 0 Å². The summed E-state index contributed by atoms with van der Waals surface area (Å²) in [5, 5.41) is 5.13. The lowest BCUT2D eigenvalue weighted by atomic mass is 9.96. The second-order valence-corrected chi connectivity index (χ2v) is 9.93. The average molecular weight is 579 g/mol. The molecule has 0 aliphatic rings. The standard InChI is InChI=1S/C30H32BrN3O4/c1-7-37-26-13-19(5)23(16-22(26)18(3)4)29-33-25-12-10-9-11-21(25)30(35)34(29)32-17-20-14-24(31)28(38-8-2)27(15-20)36-6/h9-18H,7-8H2,1-6H3. The number of rotatable bonds is 9. The van der Waals surface area contributed by atoms with Gasteiger partial charge in [0.15, 0.2) is 17.3 Å². The van der Waals surface area contributed by atoms with Gasteiger partial charge in [-0.1, -0.05) is 26.0 Å². The molecule has 0 aliphatic heterocycles. The third-order valence-corrected chi connectivity index (χ3v) is 6.73. The van der Waals surface area contributed by atoms with Gasteiger partial charge in [-0.05, 0) is 95.7 Å². The summed E-state index contributed by atoms with van der Waals surface area (Å²) in [5.41, 5.74) is 3.90. The molecule has 0 radical (unpaired) electrons. The molecule has 4 rings (SSSR count). The van der Waals surface area contributed by atoms with Crippen LogP contribution in [0.25, 0.3) is 22.3 Å². The molecule has 0 saturated heterocycles. The maximum atomic E-state index is 13.7. The zero-order valence-corrected chi connectivity index (χ0v) is 24.1. The van der Waals surface area contributed by atoms with Gasteiger partial charge in [-0.3, -0.25) is 4.79 Å². The quantitative estimate of drug-likeness (QED) is 0.201. The fraction of sp³-hybridized carbons (Fsp3) is 0.300. The minimum Gasteiger partial charge on any atom is -0.494 e. The van der Waals surface area contributed by atoms with Crippen LogP contribution < -0.4 is 19.8 Å². The highest BCUT2D eigenvalue weighted by Gasteiger charge is 2.19. The van der Waals surface area contributed by atoms with Gasteiger partial charge >= 0.3 is 0 Å². The van der Waals surface area contributed by atoms with Crippen molar-refractivity contribution in [3.8, 4) is 28.6 Å². The predicted octanol–water partition coefficient (Wildman–Crippen LogP) is 6.95. The fourth-order valence-corrected chi connectivity index (χ4v) is 4.87. The molecule has 0 amide bonds. The van der Waals surface area contributed by atoms with Crippen LogP contribution in [0.1, 0.15) is 50.3 Å². The summed E-state index contributed by atoms with van der Waals surface area (Å²) < 4.78 is 19.2. The van der Waals surface area contributed by atoms with Crippen molar-refractivity contribution in [2.24, 2.45) is 5.10 Å². The third-order valence-electron chi connectivity index (χ3n) is 6.14. The summed E-state index contributed by atoms with van der Waals surface area (Å²) in [4.78, 5) is 18.6. The van der Waals surface area contributed by atoms with Gasteiger partial charge in [0.25, 0.3) is 5.56 Å². The molecule has 7 nitrogen and oxygen atoms in total. The van der Waals surface area contributed by atoms with Crippen molar-refractivity contribution in [1.29, 1.82) is 0 Å². The zero-order valence-electron chi connectivity index (χ0n) is 22.5. The van der Waals surface area contributed by atoms with Gasteiger partial charge in [0.1, 0.15) is 5.75 Å². The number of halogens is 1. The highest BCUT2D eigenvalue weighted by molar-refractivity contribution is 9.10. The van der Waals surface area contributed by atoms with Gasteiger partial charge in [0.2, 0.25) is 0 Å². The molecule has 0 saturated carbocycles. The topological polar surface area (TPSA) is 74.9 Å². The van der Waals surface area contributed by atoms with E-state index in [-0.39, 0.29) is 11.5 Å². The number of ether oxygens (including phenoxy) is 3. The van der Waals surface area contributed by atoms with Gasteiger partial charge < -0.3 is 14.2 Å². The molecule has 0 N–H and O–H groups in total. The highest BCUT2D eigenvalue weighted by Crippen LogP contribution is 2.37. The van der Waals surface area contributed by atoms with Crippen LogP contribution in [0.15, 0.2) is 62.9 Å². The normalized spacial score (nSPS) is 11.5. The molecule has 4 aromatic rings. The molecule has 8 heteroatoms. The smallest absolute Gasteiger partial charge is 0.282 e. The lowest BCUT2D eigenvalue weighted by Crippen LogP contribution is -2.21. The molecule has 0 unspecified atom stereocenters. The average Bonchev–Trinajstić information content (AvgIpc) is 2.89. The Hall–Kier alpha value is -3.65. The van der Waals surface area contributed by atoms with Crippen LogP contribution in [0.3, 0.4) is 0 Å². The first-order valence-electron chi connectivity index (χ1n) is 12.6. The van der Waals surface area contributed by atoms with E-state index in [0.29, 0.717) is 41.4 Å². The number of methoxy groups -OCH3 is 1. The van der Waals surface area contributed by atoms with Crippen molar-refractivity contribution >= 4 is 33.0 Å². The Morgan fingerprint density at radius 1 is 1.05 bits per heavy atom. The van der Waals surface area contributed by atoms with Crippen LogP contribution in [0.4, 0.5) is 0 Å². The van der Waals surface area contributed by atoms with Crippen LogP contribution in [0.5, 0.6) is 17.2 Å². The Morgan fingerprint density at radius 2 is 1.79 bits per heavy atom. The molecule has 0 bridgehead atoms. The summed E-state index contributed by atoms with van der Waals surface area (Å²) in [7, 11) is 1.59. The number of hydrogen-bond acceptors (Lipinski definition) is 6. The molecule has 1 aromatic heterocycles. The number of nitrogens with zero attached hydrogens (tertiary/aromatic N) is 3. The van der Waals surface area contributed by atoms with Crippen LogP contribution >= 0.6 is 15.9 Å². The number of benzene rings is 3. The Balaban J connectivity index is 1.94. The lowest BCUT2D eigenvalue weighted by Gasteiger charge is -2.18. The Labute approximate surface area is 231 Å². The first-order valence-corrected chi connectivity index (χ1v) is 13.4. The van der Waals surface area contributed by atoms with Crippen molar-refractivity contribution in [1.82, 2.24) is 9.66 Å². The number of aryl methyl sites for hydroxylation is 1. The second-order valence-electron chi connectivity index (χ2n) is 9.07. The Bertz CT molecular complexity index is 1560. The van der Waals surface area contributed by atoms with Crippen molar-refractivity contribution in [2.75, 3.05) is 20.3 Å². The maximum Gasteiger partial charge on any atom is 0.282 e. The second kappa shape index (κ2) is 11.8. The molecule has 38 heavy (non-hydrogen) atoms. The van der Waals surface area contributed by atoms with E-state index in [2.05, 4.69) is 40.9 Å². The fourth-order valence-electron chi connectivity index (χ4n) is 4.30. The molecule has 198 valence electrons. The maximum absolute atomic E-state index is 13.7. The molecule has 1 heterocycles. The van der Waals surface area contributed by atoms with E-state index in [0.717, 1.165) is 32.5 Å². The highest BCUT2D eigenvalue weighted by atomic mass is 79.9. The van der Waals surface area contributed by atoms with Crippen LogP contribution in [0.2, 0.25) is 0 Å². The summed E-state index contributed by atoms with van der Waals surface area (Å²) in [5.74, 6) is 2.70. The van der Waals surface area contributed by atoms with E-state index in [1.807, 2.05) is 57.2 Å². The van der Waals surface area contributed by atoms with Gasteiger partial charge in [-0.2, -0.15) is 9.78 Å². The van der Waals surface area contributed by atoms with E-state index in [1.165, 1.54) is 4.68 Å². The SMILES string of the molecule is CCOc1cc(C)c(-c2nc3ccccc3c(=O)n2N=Cc2cc(Br)c(OCC)c(OC)c2)cc1C(C)C. The van der Waals surface area contributed by atoms with Crippen molar-refractivity contribution in [2.45, 2.75) is 40.5 Å². The largest absolute Gasteiger partial charge is 0.494 e. The van der Waals surface area contributed by atoms with Crippen molar-refractivity contribution in [3.05, 3.63) is 80.0 Å². The number of hydrogen-bond donors (Lipinski definition) is 0. The minimum absolute atomic E-state index is 0.216. The first kappa shape index (κ1) is 27.4. The summed E-state index contributed by atoms with van der Waals surface area (Å²) in [6, 6.07) is 15.1. The van der Waals surface area contributed by atoms with Crippen LogP contribution in [-0.2, 0) is 0 Å². The van der Waals surface area contributed by atoms with Crippen molar-refractivity contribution in [3.63, 3.8) is 0 Å². The summed E-state index contributed by atoms with van der Waals surface area (Å²) >= 11 is 3.56. The summed E-state index contributed by atoms with van der Waals surface area (Å²) in [6.45, 7) is 11.2. The lowest BCUT2D eigenvalue weighted by molar-refractivity contribution is 0.309. The number of para-hydroxylation sites is 1. The van der Waals surface area contributed by atoms with Crippen molar-refractivity contribution < 1.29 is 14.2 Å². The molecule has 3 aromatic carbocycles. The first-order chi connectivity index (χ1) is 18.3. The molecular weight excluding hydrogens is 546 g/mol. The number of aromatic nitrogens is 2. The van der Waals surface area contributed by atoms with E-state index < -0.39 is 0 Å². The van der Waals surface area contributed by atoms with Gasteiger partial charge in [-0.15, -0.1) is 0 Å². The van der Waals surface area contributed by atoms with E-state index in [1.54, 1.807) is 19.4 Å². The van der Waals surface area contributed by atoms with Crippen LogP contribution in [0, 0.1) is 6.92 Å². The molecule has 0 fully saturated rings. The Kier molecular flexibility index (Phi) is 8.52. The van der Waals surface area contributed by atoms with E-state index in [4.69, 9.17) is 19.2 Å². The molecule has 0 spiro atoms. The monoisotopic (exact) mass is 577 g/mol. The molecular formula is C30H32BrN3O4. The summed E-state index contributed by atoms with van der Waals surface area (Å²) in [6.07, 6.45) is 1.62. The molecule has 0 aliphatic carbocycles. The van der Waals surface area contributed by atoms with Crippen LogP contribution in [-0.4, -0.2) is 36.2 Å².